The molecule has 2 heterocycles. The largest absolute Gasteiger partial charge is 0.470 e. The van der Waals surface area contributed by atoms with Gasteiger partial charge in [0.2, 0.25) is 5.91 Å². The second kappa shape index (κ2) is 15.7. The fourth-order valence-corrected chi connectivity index (χ4v) is 4.33. The van der Waals surface area contributed by atoms with E-state index in [9.17, 15) is 27.6 Å². The van der Waals surface area contributed by atoms with E-state index in [4.69, 9.17) is 21.7 Å². The van der Waals surface area contributed by atoms with Gasteiger partial charge in [0.1, 0.15) is 6.29 Å². The van der Waals surface area contributed by atoms with E-state index < -0.39 is 12.1 Å². The SMILES string of the molecule is CC(C)[C@@H]1C[C@@H](C=O)N(C(=O)CC(C)(C)C)C1.CNC(C#N)Cc1cc2ccc(Cl)cc2[nH]c1=O.NC(=O)C(F)(F)F. The Morgan fingerprint density at radius 2 is 1.86 bits per heavy atom. The van der Waals surface area contributed by atoms with Gasteiger partial charge in [-0.2, -0.15) is 18.4 Å². The van der Waals surface area contributed by atoms with E-state index in [0.717, 1.165) is 24.6 Å². The van der Waals surface area contributed by atoms with Crippen molar-refractivity contribution in [2.45, 2.75) is 72.1 Å². The fourth-order valence-electron chi connectivity index (χ4n) is 4.16. The van der Waals surface area contributed by atoms with Crippen LogP contribution in [0.4, 0.5) is 13.2 Å². The number of amides is 2. The molecular weight excluding hydrogens is 575 g/mol. The Bertz CT molecular complexity index is 1330. The van der Waals surface area contributed by atoms with Crippen molar-refractivity contribution in [3.63, 3.8) is 0 Å². The molecule has 1 fully saturated rings. The molecule has 3 rings (SSSR count). The third-order valence-electron chi connectivity index (χ3n) is 6.57. The van der Waals surface area contributed by atoms with Gasteiger partial charge >= 0.3 is 12.1 Å². The minimum atomic E-state index is -4.86. The van der Waals surface area contributed by atoms with Gasteiger partial charge in [-0.1, -0.05) is 52.3 Å². The number of hydrogen-bond acceptors (Lipinski definition) is 6. The molecule has 0 spiro atoms. The van der Waals surface area contributed by atoms with E-state index in [2.05, 4.69) is 56.7 Å². The number of nitrogens with one attached hydrogen (secondary N) is 2. The number of carbonyl (C=O) groups is 3. The first kappa shape index (κ1) is 36.6. The predicted octanol–water partition coefficient (Wildman–Crippen LogP) is 4.36. The van der Waals surface area contributed by atoms with Crippen LogP contribution >= 0.6 is 11.6 Å². The molecule has 9 nitrogen and oxygen atoms in total. The molecular formula is C29H39ClF3N5O4. The van der Waals surface area contributed by atoms with Crippen molar-refractivity contribution in [1.29, 1.82) is 5.26 Å². The third-order valence-corrected chi connectivity index (χ3v) is 6.81. The first-order valence-electron chi connectivity index (χ1n) is 13.3. The molecule has 2 amide bonds. The van der Waals surface area contributed by atoms with Crippen LogP contribution in [0.3, 0.4) is 0 Å². The number of H-pyrrole nitrogens is 1. The minimum absolute atomic E-state index is 0.0135. The number of pyridine rings is 1. The molecule has 0 aliphatic carbocycles. The Kier molecular flexibility index (Phi) is 13.7. The summed E-state index contributed by atoms with van der Waals surface area (Å²) < 4.78 is 32.1. The van der Waals surface area contributed by atoms with Gasteiger partial charge in [-0.25, -0.2) is 0 Å². The van der Waals surface area contributed by atoms with Crippen molar-refractivity contribution < 1.29 is 27.6 Å². The number of aromatic amines is 1. The van der Waals surface area contributed by atoms with E-state index in [1.54, 1.807) is 30.1 Å². The van der Waals surface area contributed by atoms with Crippen LogP contribution in [0.1, 0.15) is 53.0 Å². The van der Waals surface area contributed by atoms with Gasteiger partial charge < -0.3 is 25.7 Å². The second-order valence-electron chi connectivity index (χ2n) is 11.6. The third kappa shape index (κ3) is 11.8. The van der Waals surface area contributed by atoms with E-state index in [1.807, 2.05) is 6.07 Å². The normalized spacial score (nSPS) is 17.4. The highest BCUT2D eigenvalue weighted by Gasteiger charge is 2.37. The molecule has 4 N–H and O–H groups in total. The number of carbonyl (C=O) groups excluding carboxylic acids is 3. The van der Waals surface area contributed by atoms with Crippen molar-refractivity contribution >= 4 is 40.6 Å². The Morgan fingerprint density at radius 1 is 1.26 bits per heavy atom. The van der Waals surface area contributed by atoms with Gasteiger partial charge in [0.15, 0.2) is 0 Å². The average Bonchev–Trinajstić information content (AvgIpc) is 3.32. The predicted molar refractivity (Wildman–Crippen MR) is 156 cm³/mol. The molecule has 0 saturated carbocycles. The molecule has 2 aromatic rings. The van der Waals surface area contributed by atoms with Crippen molar-refractivity contribution in [3.05, 3.63) is 45.2 Å². The molecule has 1 saturated heterocycles. The number of nitrogens with zero attached hydrogens (tertiary/aromatic N) is 2. The monoisotopic (exact) mass is 613 g/mol. The molecule has 0 bridgehead atoms. The van der Waals surface area contributed by atoms with Gasteiger partial charge in [-0.15, -0.1) is 0 Å². The van der Waals surface area contributed by atoms with E-state index in [0.29, 0.717) is 40.8 Å². The highest BCUT2D eigenvalue weighted by atomic mass is 35.5. The maximum absolute atomic E-state index is 12.2. The Labute approximate surface area is 248 Å². The summed E-state index contributed by atoms with van der Waals surface area (Å²) in [6.07, 6.45) is -2.21. The zero-order valence-electron chi connectivity index (χ0n) is 24.6. The number of hydrogen-bond donors (Lipinski definition) is 3. The number of nitrogens with two attached hydrogens (primary N) is 1. The van der Waals surface area contributed by atoms with Crippen molar-refractivity contribution in [3.8, 4) is 6.07 Å². The number of nitriles is 1. The van der Waals surface area contributed by atoms with Gasteiger partial charge in [-0.3, -0.25) is 14.4 Å². The molecule has 1 unspecified atom stereocenters. The summed E-state index contributed by atoms with van der Waals surface area (Å²) in [7, 11) is 1.70. The highest BCUT2D eigenvalue weighted by molar-refractivity contribution is 6.31. The molecule has 42 heavy (non-hydrogen) atoms. The lowest BCUT2D eigenvalue weighted by Crippen LogP contribution is -2.38. The van der Waals surface area contributed by atoms with Crippen molar-refractivity contribution in [1.82, 2.24) is 15.2 Å². The molecule has 0 radical (unpaired) electrons. The van der Waals surface area contributed by atoms with Crippen LogP contribution in [-0.2, 0) is 20.8 Å². The fraction of sp³-hybridized carbons (Fsp3) is 0.552. The van der Waals surface area contributed by atoms with Crippen LogP contribution in [0.5, 0.6) is 0 Å². The standard InChI is InChI=1S/C14H25NO2.C13H12ClN3O.C2H2F3NO/c1-10(2)11-6-12(9-16)15(8-11)13(17)7-14(3,4)5;1-16-11(7-15)5-9-4-8-2-3-10(14)6-12(8)17-13(9)18;3-2(4,5)1(6)7/h9-12H,6-8H2,1-5H3;2-4,6,11,16H,5H2,1H3,(H,17,18);(H2,6,7)/t11-,12+;;/m1../s1. The van der Waals surface area contributed by atoms with Crippen molar-refractivity contribution in [2.24, 2.45) is 23.0 Å². The lowest BCUT2D eigenvalue weighted by atomic mass is 9.91. The number of alkyl halides is 3. The number of likely N-dealkylation sites (tertiary alicyclic amines) is 1. The first-order valence-corrected chi connectivity index (χ1v) is 13.7. The van der Waals surface area contributed by atoms with Gasteiger partial charge in [0.05, 0.1) is 18.2 Å². The van der Waals surface area contributed by atoms with Gasteiger partial charge in [0, 0.05) is 35.5 Å². The minimum Gasteiger partial charge on any atom is -0.362 e. The summed E-state index contributed by atoms with van der Waals surface area (Å²) in [6.45, 7) is 11.2. The summed E-state index contributed by atoms with van der Waals surface area (Å²) >= 11 is 5.86. The number of benzene rings is 1. The lowest BCUT2D eigenvalue weighted by Gasteiger charge is -2.25. The van der Waals surface area contributed by atoms with Crippen molar-refractivity contribution in [2.75, 3.05) is 13.6 Å². The first-order chi connectivity index (χ1) is 19.3. The summed E-state index contributed by atoms with van der Waals surface area (Å²) in [5.74, 6) is -1.13. The lowest BCUT2D eigenvalue weighted by molar-refractivity contribution is -0.169. The number of aldehydes is 1. The summed E-state index contributed by atoms with van der Waals surface area (Å²) in [4.78, 5) is 48.8. The molecule has 3 atom stereocenters. The summed E-state index contributed by atoms with van der Waals surface area (Å²) in [5.41, 5.74) is 4.90. The second-order valence-corrected chi connectivity index (χ2v) is 12.1. The summed E-state index contributed by atoms with van der Waals surface area (Å²) in [5, 5.41) is 13.2. The van der Waals surface area contributed by atoms with Crippen LogP contribution in [0.25, 0.3) is 10.9 Å². The number of halogens is 4. The number of likely N-dealkylation sites (N-methyl/N-ethyl adjacent to an activating group) is 1. The van der Waals surface area contributed by atoms with Crippen LogP contribution in [-0.4, -0.2) is 59.8 Å². The number of aromatic nitrogens is 1. The van der Waals surface area contributed by atoms with Crippen LogP contribution in [0.15, 0.2) is 29.1 Å². The topological polar surface area (TPSA) is 149 Å². The molecule has 1 aromatic heterocycles. The Morgan fingerprint density at radius 3 is 2.31 bits per heavy atom. The molecule has 1 aromatic carbocycles. The number of primary amides is 1. The van der Waals surface area contributed by atoms with Gasteiger partial charge in [0.25, 0.3) is 5.56 Å². The zero-order valence-corrected chi connectivity index (χ0v) is 25.4. The molecule has 1 aliphatic heterocycles. The number of fused-ring (bicyclic) bond motifs is 1. The van der Waals surface area contributed by atoms with E-state index in [1.165, 1.54) is 0 Å². The van der Waals surface area contributed by atoms with Gasteiger partial charge in [-0.05, 0) is 54.3 Å². The Balaban J connectivity index is 0.000000345. The Hall–Kier alpha value is -3.43. The average molecular weight is 614 g/mol. The van der Waals surface area contributed by atoms with E-state index in [-0.39, 0.29) is 29.0 Å². The number of rotatable bonds is 6. The quantitative estimate of drug-likeness (QED) is 0.412. The van der Waals surface area contributed by atoms with E-state index >= 15 is 0 Å². The van der Waals surface area contributed by atoms with Crippen LogP contribution < -0.4 is 16.6 Å². The van der Waals surface area contributed by atoms with Crippen LogP contribution in [0, 0.1) is 28.6 Å². The maximum Gasteiger partial charge on any atom is 0.470 e. The maximum atomic E-state index is 12.2. The molecule has 1 aliphatic rings. The molecule has 232 valence electrons. The van der Waals surface area contributed by atoms with Crippen LogP contribution in [0.2, 0.25) is 5.02 Å². The highest BCUT2D eigenvalue weighted by Crippen LogP contribution is 2.30. The summed E-state index contributed by atoms with van der Waals surface area (Å²) in [6, 6.07) is 8.66. The molecule has 13 heteroatoms. The zero-order chi connectivity index (χ0) is 32.4. The smallest absolute Gasteiger partial charge is 0.362 e.